The van der Waals surface area contributed by atoms with E-state index in [-0.39, 0.29) is 5.70 Å². The van der Waals surface area contributed by atoms with Crippen molar-refractivity contribution in [2.24, 2.45) is 0 Å². The maximum Gasteiger partial charge on any atom is 0.336 e. The lowest BCUT2D eigenvalue weighted by molar-refractivity contribution is -0.138. The summed E-state index contributed by atoms with van der Waals surface area (Å²) in [5.41, 5.74) is 1.20. The van der Waals surface area contributed by atoms with Crippen LogP contribution in [0.3, 0.4) is 0 Å². The van der Waals surface area contributed by atoms with Gasteiger partial charge >= 0.3 is 5.97 Å². The van der Waals surface area contributed by atoms with Crippen molar-refractivity contribution in [1.29, 1.82) is 0 Å². The molecule has 0 unspecified atom stereocenters. The molecule has 82 valence electrons. The quantitative estimate of drug-likeness (QED) is 0.411. The summed E-state index contributed by atoms with van der Waals surface area (Å²) in [6, 6.07) is 0. The molecule has 0 amide bonds. The van der Waals surface area contributed by atoms with Crippen LogP contribution in [-0.2, 0) is 9.53 Å². The van der Waals surface area contributed by atoms with Crippen molar-refractivity contribution >= 4 is 17.7 Å². The first kappa shape index (κ1) is 12.1. The van der Waals surface area contributed by atoms with Crippen LogP contribution in [0.15, 0.2) is 11.3 Å². The van der Waals surface area contributed by atoms with Crippen molar-refractivity contribution in [2.45, 2.75) is 26.2 Å². The third kappa shape index (κ3) is 3.60. The van der Waals surface area contributed by atoms with Gasteiger partial charge in [0, 0.05) is 0 Å². The van der Waals surface area contributed by atoms with Crippen LogP contribution in [-0.4, -0.2) is 24.1 Å². The fraction of sp³-hybridized carbons (Fsp3) is 0.636. The van der Waals surface area contributed by atoms with Gasteiger partial charge in [0.15, 0.2) is 0 Å². The Balaban J connectivity index is 2.81. The van der Waals surface area contributed by atoms with Crippen LogP contribution in [0, 0.1) is 6.57 Å². The second-order valence-corrected chi connectivity index (χ2v) is 4.48. The molecule has 15 heavy (non-hydrogen) atoms. The summed E-state index contributed by atoms with van der Waals surface area (Å²) < 4.78 is 4.87. The van der Waals surface area contributed by atoms with Gasteiger partial charge in [-0.15, -0.1) is 0 Å². The molecular formula is C11H15NO2S. The summed E-state index contributed by atoms with van der Waals surface area (Å²) in [5, 5.41) is 0. The number of esters is 1. The lowest BCUT2D eigenvalue weighted by Gasteiger charge is -2.06. The van der Waals surface area contributed by atoms with Gasteiger partial charge in [-0.3, -0.25) is 4.79 Å². The Morgan fingerprint density at radius 1 is 1.53 bits per heavy atom. The number of hydrogen-bond donors (Lipinski definition) is 0. The number of nitrogens with zero attached hydrogens (tertiary/aromatic N) is 1. The van der Waals surface area contributed by atoms with Crippen LogP contribution in [0.25, 0.3) is 4.85 Å². The molecular weight excluding hydrogens is 210 g/mol. The minimum atomic E-state index is -0.450. The summed E-state index contributed by atoms with van der Waals surface area (Å²) in [7, 11) is 0. The van der Waals surface area contributed by atoms with Crippen molar-refractivity contribution in [3.8, 4) is 0 Å². The highest BCUT2D eigenvalue weighted by molar-refractivity contribution is 7.99. The maximum atomic E-state index is 11.5. The van der Waals surface area contributed by atoms with Crippen LogP contribution < -0.4 is 0 Å². The first-order valence-corrected chi connectivity index (χ1v) is 6.29. The maximum absolute atomic E-state index is 11.5. The van der Waals surface area contributed by atoms with Crippen LogP contribution in [0.1, 0.15) is 26.2 Å². The van der Waals surface area contributed by atoms with E-state index in [9.17, 15) is 4.79 Å². The van der Waals surface area contributed by atoms with Crippen LogP contribution in [0.4, 0.5) is 0 Å². The third-order valence-electron chi connectivity index (χ3n) is 2.23. The van der Waals surface area contributed by atoms with Gasteiger partial charge in [0.05, 0.1) is 13.2 Å². The van der Waals surface area contributed by atoms with Crippen molar-refractivity contribution in [2.75, 3.05) is 18.1 Å². The summed E-state index contributed by atoms with van der Waals surface area (Å²) in [5.74, 6) is 1.68. The first-order valence-electron chi connectivity index (χ1n) is 5.14. The molecule has 0 N–H and O–H groups in total. The Morgan fingerprint density at radius 3 is 3.00 bits per heavy atom. The van der Waals surface area contributed by atoms with Crippen LogP contribution >= 0.6 is 11.8 Å². The molecule has 1 rings (SSSR count). The highest BCUT2D eigenvalue weighted by atomic mass is 32.2. The average Bonchev–Trinajstić information content (AvgIpc) is 2.48. The van der Waals surface area contributed by atoms with Crippen molar-refractivity contribution in [1.82, 2.24) is 0 Å². The van der Waals surface area contributed by atoms with E-state index in [1.807, 2.05) is 11.8 Å². The molecule has 1 saturated heterocycles. The van der Waals surface area contributed by atoms with E-state index in [2.05, 4.69) is 4.85 Å². The molecule has 1 fully saturated rings. The third-order valence-corrected chi connectivity index (χ3v) is 3.30. The predicted molar refractivity (Wildman–Crippen MR) is 61.4 cm³/mol. The van der Waals surface area contributed by atoms with Gasteiger partial charge in [-0.05, 0) is 37.7 Å². The summed E-state index contributed by atoms with van der Waals surface area (Å²) in [6.07, 6.45) is 2.77. The van der Waals surface area contributed by atoms with Crippen molar-refractivity contribution in [3.63, 3.8) is 0 Å². The molecule has 1 heterocycles. The van der Waals surface area contributed by atoms with Gasteiger partial charge in [0.2, 0.25) is 0 Å². The second kappa shape index (κ2) is 6.52. The van der Waals surface area contributed by atoms with Gasteiger partial charge in [0.1, 0.15) is 0 Å². The summed E-state index contributed by atoms with van der Waals surface area (Å²) in [4.78, 5) is 14.8. The van der Waals surface area contributed by atoms with E-state index in [0.29, 0.717) is 6.61 Å². The van der Waals surface area contributed by atoms with Gasteiger partial charge in [0.25, 0.3) is 5.70 Å². The minimum Gasteiger partial charge on any atom is -0.471 e. The zero-order chi connectivity index (χ0) is 11.1. The molecule has 0 radical (unpaired) electrons. The van der Waals surface area contributed by atoms with E-state index in [1.165, 1.54) is 0 Å². The molecule has 0 aromatic carbocycles. The average molecular weight is 225 g/mol. The lowest BCUT2D eigenvalue weighted by Crippen LogP contribution is -2.08. The molecule has 0 atom stereocenters. The molecule has 4 heteroatoms. The fourth-order valence-electron chi connectivity index (χ4n) is 1.52. The Labute approximate surface area is 94.7 Å². The normalized spacial score (nSPS) is 20.0. The molecule has 1 aliphatic rings. The van der Waals surface area contributed by atoms with E-state index < -0.39 is 5.97 Å². The zero-order valence-corrected chi connectivity index (χ0v) is 9.73. The SMILES string of the molecule is [C-]#[N+]C(C(=O)OCC)=C1CCCSCC1. The number of rotatable bonds is 2. The van der Waals surface area contributed by atoms with Gasteiger partial charge in [-0.2, -0.15) is 11.8 Å². The highest BCUT2D eigenvalue weighted by Crippen LogP contribution is 2.25. The number of thioether (sulfide) groups is 1. The van der Waals surface area contributed by atoms with Crippen molar-refractivity contribution < 1.29 is 9.53 Å². The fourth-order valence-corrected chi connectivity index (χ4v) is 2.46. The second-order valence-electron chi connectivity index (χ2n) is 3.25. The zero-order valence-electron chi connectivity index (χ0n) is 8.91. The Kier molecular flexibility index (Phi) is 5.27. The Morgan fingerprint density at radius 2 is 2.33 bits per heavy atom. The number of allylic oxidation sites excluding steroid dienone is 1. The molecule has 3 nitrogen and oxygen atoms in total. The minimum absolute atomic E-state index is 0.222. The summed E-state index contributed by atoms with van der Waals surface area (Å²) in [6.45, 7) is 9.13. The van der Waals surface area contributed by atoms with Crippen LogP contribution in [0.2, 0.25) is 0 Å². The Bertz CT molecular complexity index is 294. The molecule has 0 aliphatic carbocycles. The molecule has 0 saturated carbocycles. The van der Waals surface area contributed by atoms with Gasteiger partial charge in [-0.1, -0.05) is 5.57 Å². The van der Waals surface area contributed by atoms with Crippen molar-refractivity contribution in [3.05, 3.63) is 22.7 Å². The molecule has 0 aromatic heterocycles. The van der Waals surface area contributed by atoms with Crippen LogP contribution in [0.5, 0.6) is 0 Å². The predicted octanol–water partition coefficient (Wildman–Crippen LogP) is 2.64. The highest BCUT2D eigenvalue weighted by Gasteiger charge is 2.18. The number of hydrogen-bond acceptors (Lipinski definition) is 3. The van der Waals surface area contributed by atoms with E-state index in [0.717, 1.165) is 36.3 Å². The van der Waals surface area contributed by atoms with Gasteiger partial charge < -0.3 is 4.74 Å². The first-order chi connectivity index (χ1) is 7.29. The standard InChI is InChI=1S/C11H15NO2S/c1-3-14-11(13)10(12-2)9-5-4-7-15-8-6-9/h3-8H2,1H3. The number of ether oxygens (including phenoxy) is 1. The lowest BCUT2D eigenvalue weighted by atomic mass is 10.1. The van der Waals surface area contributed by atoms with E-state index in [4.69, 9.17) is 11.3 Å². The molecule has 0 bridgehead atoms. The van der Waals surface area contributed by atoms with Gasteiger partial charge in [-0.25, -0.2) is 4.85 Å². The number of carbonyl (C=O) groups excluding carboxylic acids is 1. The number of carbonyl (C=O) groups is 1. The van der Waals surface area contributed by atoms with E-state index >= 15 is 0 Å². The Hall–Kier alpha value is -0.950. The monoisotopic (exact) mass is 225 g/mol. The topological polar surface area (TPSA) is 30.7 Å². The van der Waals surface area contributed by atoms with E-state index in [1.54, 1.807) is 6.92 Å². The summed E-state index contributed by atoms with van der Waals surface area (Å²) >= 11 is 1.88. The smallest absolute Gasteiger partial charge is 0.336 e. The largest absolute Gasteiger partial charge is 0.471 e. The molecule has 1 aliphatic heterocycles. The molecule has 0 spiro atoms. The molecule has 0 aromatic rings.